The van der Waals surface area contributed by atoms with E-state index in [1.807, 2.05) is 0 Å². The molecule has 0 heterocycles. The molecule has 0 spiro atoms. The molecule has 1 N–H and O–H groups in total. The van der Waals surface area contributed by atoms with Gasteiger partial charge < -0.3 is 9.80 Å². The number of nitrogens with zero attached hydrogens (tertiary/aromatic N) is 2. The minimum atomic E-state index is 0.285. The molecule has 0 amide bonds. The van der Waals surface area contributed by atoms with E-state index in [0.717, 1.165) is 29.6 Å². The van der Waals surface area contributed by atoms with Crippen LogP contribution in [-0.4, -0.2) is 39.9 Å². The number of hydrogen-bond acceptors (Lipinski definition) is 1. The van der Waals surface area contributed by atoms with Crippen molar-refractivity contribution in [3.8, 4) is 0 Å². The largest absolute Gasteiger partial charge is 0.336 e. The van der Waals surface area contributed by atoms with Gasteiger partial charge in [0.05, 0.1) is 0 Å². The molecule has 8 rings (SSSR count). The molecular formula is C41H69N3. The van der Waals surface area contributed by atoms with E-state index in [2.05, 4.69) is 92.9 Å². The lowest BCUT2D eigenvalue weighted by Gasteiger charge is -2.58. The third-order valence-electron chi connectivity index (χ3n) is 20.8. The van der Waals surface area contributed by atoms with Crippen LogP contribution in [0, 0.1) is 72.4 Å². The average molecular weight is 604 g/mol. The Morgan fingerprint density at radius 3 is 0.750 bits per heavy atom. The fraction of sp³-hybridized carbons (Fsp3) is 0.976. The molecule has 44 heavy (non-hydrogen) atoms. The van der Waals surface area contributed by atoms with Gasteiger partial charge in [0.2, 0.25) is 0 Å². The van der Waals surface area contributed by atoms with Gasteiger partial charge in [0.25, 0.3) is 0 Å². The molecule has 0 saturated heterocycles. The van der Waals surface area contributed by atoms with Crippen LogP contribution in [0.2, 0.25) is 0 Å². The van der Waals surface area contributed by atoms with Crippen molar-refractivity contribution < 1.29 is 0 Å². The van der Waals surface area contributed by atoms with Crippen molar-refractivity contribution in [3.63, 3.8) is 0 Å². The molecule has 0 aromatic rings. The van der Waals surface area contributed by atoms with Crippen molar-refractivity contribution in [3.05, 3.63) is 0 Å². The Balaban J connectivity index is 1.28. The molecule has 0 aromatic heterocycles. The van der Waals surface area contributed by atoms with E-state index in [0.29, 0.717) is 45.8 Å². The summed E-state index contributed by atoms with van der Waals surface area (Å²) in [5.41, 5.74) is 2.57. The number of nitrogens with one attached hydrogen (secondary N) is 1. The summed E-state index contributed by atoms with van der Waals surface area (Å²) < 4.78 is 0. The molecule has 12 atom stereocenters. The molecule has 8 aliphatic carbocycles. The van der Waals surface area contributed by atoms with E-state index >= 15 is 0 Å². The topological polar surface area (TPSA) is 30.3 Å². The summed E-state index contributed by atoms with van der Waals surface area (Å²) in [6, 6.07) is 2.01. The van der Waals surface area contributed by atoms with Gasteiger partial charge in [0, 0.05) is 24.2 Å². The van der Waals surface area contributed by atoms with Gasteiger partial charge in [-0.2, -0.15) is 0 Å². The van der Waals surface area contributed by atoms with E-state index in [1.54, 1.807) is 0 Å². The molecule has 0 aliphatic heterocycles. The lowest BCUT2D eigenvalue weighted by molar-refractivity contribution is -0.0314. The van der Waals surface area contributed by atoms with Crippen LogP contribution in [0.4, 0.5) is 0 Å². The van der Waals surface area contributed by atoms with Crippen molar-refractivity contribution >= 4 is 5.96 Å². The quantitative estimate of drug-likeness (QED) is 0.256. The average Bonchev–Trinajstić information content (AvgIpc) is 3.68. The SMILES string of the molecule is CC1(C)C2CCC1(C)C(N(C(=N)N(C1CC3CCC1(C)C3(C)C)C1CC3CCC1(C)C3(C)C)C1CC3CCC1(C)C3(C)C)C2. The first-order valence-corrected chi connectivity index (χ1v) is 19.4. The lowest BCUT2D eigenvalue weighted by Crippen LogP contribution is -2.67. The van der Waals surface area contributed by atoms with Crippen LogP contribution in [0.1, 0.15) is 160 Å². The molecule has 8 aliphatic rings. The number of hydrogen-bond donors (Lipinski definition) is 1. The summed E-state index contributed by atoms with van der Waals surface area (Å²) in [5, 5.41) is 10.9. The summed E-state index contributed by atoms with van der Waals surface area (Å²) in [7, 11) is 0. The second-order valence-electron chi connectivity index (χ2n) is 21.6. The molecule has 248 valence electrons. The highest BCUT2D eigenvalue weighted by Gasteiger charge is 2.72. The van der Waals surface area contributed by atoms with E-state index in [-0.39, 0.29) is 21.7 Å². The van der Waals surface area contributed by atoms with Gasteiger partial charge in [-0.05, 0) is 144 Å². The van der Waals surface area contributed by atoms with Crippen LogP contribution in [0.5, 0.6) is 0 Å². The third kappa shape index (κ3) is 3.09. The van der Waals surface area contributed by atoms with Gasteiger partial charge in [-0.1, -0.05) is 83.1 Å². The predicted molar refractivity (Wildman–Crippen MR) is 183 cm³/mol. The maximum Gasteiger partial charge on any atom is 0.194 e. The first-order chi connectivity index (χ1) is 20.2. The van der Waals surface area contributed by atoms with E-state index in [1.165, 1.54) is 77.0 Å². The molecule has 3 heteroatoms. The maximum absolute atomic E-state index is 10.9. The second-order valence-corrected chi connectivity index (χ2v) is 21.6. The van der Waals surface area contributed by atoms with Gasteiger partial charge in [0.15, 0.2) is 5.96 Å². The zero-order chi connectivity index (χ0) is 31.8. The van der Waals surface area contributed by atoms with E-state index in [9.17, 15) is 5.41 Å². The maximum atomic E-state index is 10.9. The lowest BCUT2D eigenvalue weighted by atomic mass is 9.65. The normalized spacial score (nSPS) is 54.5. The van der Waals surface area contributed by atoms with Gasteiger partial charge in [-0.25, -0.2) is 0 Å². The summed E-state index contributed by atoms with van der Waals surface area (Å²) in [6.45, 7) is 31.5. The van der Waals surface area contributed by atoms with Crippen molar-refractivity contribution in [1.82, 2.24) is 9.80 Å². The minimum absolute atomic E-state index is 0.285. The van der Waals surface area contributed by atoms with Crippen LogP contribution in [0.25, 0.3) is 0 Å². The van der Waals surface area contributed by atoms with Crippen LogP contribution in [0.3, 0.4) is 0 Å². The molecule has 8 saturated carbocycles. The summed E-state index contributed by atoms with van der Waals surface area (Å²) in [5.74, 6) is 4.22. The Morgan fingerprint density at radius 1 is 0.409 bits per heavy atom. The smallest absolute Gasteiger partial charge is 0.194 e. The number of fused-ring (bicyclic) bond motifs is 8. The first kappa shape index (κ1) is 30.6. The summed E-state index contributed by atoms with van der Waals surface area (Å²) in [6.07, 6.45) is 16.2. The molecule has 3 nitrogen and oxygen atoms in total. The number of guanidine groups is 1. The third-order valence-corrected chi connectivity index (χ3v) is 20.8. The zero-order valence-corrected chi connectivity index (χ0v) is 31.0. The van der Waals surface area contributed by atoms with E-state index in [4.69, 9.17) is 0 Å². The number of rotatable bonds is 4. The van der Waals surface area contributed by atoms with Crippen LogP contribution in [0.15, 0.2) is 0 Å². The second kappa shape index (κ2) is 8.46. The molecule has 8 bridgehead atoms. The Morgan fingerprint density at radius 2 is 0.614 bits per heavy atom. The fourth-order valence-corrected chi connectivity index (χ4v) is 15.5. The summed E-state index contributed by atoms with van der Waals surface area (Å²) >= 11 is 0. The van der Waals surface area contributed by atoms with Crippen molar-refractivity contribution in [2.45, 2.75) is 184 Å². The summed E-state index contributed by atoms with van der Waals surface area (Å²) in [4.78, 5) is 5.90. The highest BCUT2D eigenvalue weighted by Crippen LogP contribution is 2.74. The van der Waals surface area contributed by atoms with Crippen molar-refractivity contribution in [1.29, 1.82) is 5.41 Å². The Labute approximate surface area is 271 Å². The van der Waals surface area contributed by atoms with Gasteiger partial charge in [-0.3, -0.25) is 5.41 Å². The van der Waals surface area contributed by atoms with Crippen LogP contribution >= 0.6 is 0 Å². The van der Waals surface area contributed by atoms with Crippen molar-refractivity contribution in [2.75, 3.05) is 0 Å². The Hall–Kier alpha value is -0.730. The Kier molecular flexibility index (Phi) is 5.88. The highest BCUT2D eigenvalue weighted by atomic mass is 15.4. The van der Waals surface area contributed by atoms with Gasteiger partial charge >= 0.3 is 0 Å². The predicted octanol–water partition coefficient (Wildman–Crippen LogP) is 10.4. The van der Waals surface area contributed by atoms with Gasteiger partial charge in [0.1, 0.15) is 0 Å². The fourth-order valence-electron chi connectivity index (χ4n) is 15.5. The standard InChI is InChI=1S/C41H69N3/c1-34(2)25-13-17-38(34,9)29(21-25)43(30-22-26-14-18-39(30,10)35(26,3)4)33(42)44(31-23-27-15-19-40(31,11)36(27,5)6)32-24-28-16-20-41(32,12)37(28,7)8/h25-32,42H,13-24H2,1-12H3. The molecular weight excluding hydrogens is 534 g/mol. The monoisotopic (exact) mass is 604 g/mol. The van der Waals surface area contributed by atoms with E-state index < -0.39 is 0 Å². The molecule has 12 unspecified atom stereocenters. The van der Waals surface area contributed by atoms with Gasteiger partial charge in [-0.15, -0.1) is 0 Å². The molecule has 0 aromatic carbocycles. The molecule has 0 radical (unpaired) electrons. The molecule has 8 fully saturated rings. The minimum Gasteiger partial charge on any atom is -0.336 e. The van der Waals surface area contributed by atoms with Crippen molar-refractivity contribution in [2.24, 2.45) is 67.0 Å². The first-order valence-electron chi connectivity index (χ1n) is 19.4. The zero-order valence-electron chi connectivity index (χ0n) is 31.0. The highest BCUT2D eigenvalue weighted by molar-refractivity contribution is 5.79. The Bertz CT molecular complexity index is 1080. The van der Waals surface area contributed by atoms with Crippen LogP contribution < -0.4 is 0 Å². The van der Waals surface area contributed by atoms with Crippen LogP contribution in [-0.2, 0) is 0 Å².